The molecule has 3 N–H and O–H groups in total. The van der Waals surface area contributed by atoms with Gasteiger partial charge in [-0.05, 0) is 26.0 Å². The average Bonchev–Trinajstić information content (AvgIpc) is 2.57. The van der Waals surface area contributed by atoms with Gasteiger partial charge in [0, 0.05) is 4.88 Å². The lowest BCUT2D eigenvalue weighted by molar-refractivity contribution is 0.601. The van der Waals surface area contributed by atoms with E-state index in [4.69, 9.17) is 5.73 Å². The van der Waals surface area contributed by atoms with Crippen molar-refractivity contribution >= 4 is 32.2 Å². The number of para-hydroxylation sites is 1. The van der Waals surface area contributed by atoms with Crippen molar-refractivity contribution < 1.29 is 8.42 Å². The zero-order chi connectivity index (χ0) is 13.3. The van der Waals surface area contributed by atoms with Crippen LogP contribution in [0.4, 0.5) is 10.8 Å². The lowest BCUT2D eigenvalue weighted by atomic mass is 10.3. The third kappa shape index (κ3) is 2.46. The van der Waals surface area contributed by atoms with Gasteiger partial charge < -0.3 is 5.73 Å². The van der Waals surface area contributed by atoms with Crippen LogP contribution in [0.3, 0.4) is 0 Å². The number of anilines is 2. The Morgan fingerprint density at radius 2 is 1.94 bits per heavy atom. The molecule has 1 heterocycles. The summed E-state index contributed by atoms with van der Waals surface area (Å²) < 4.78 is 26.7. The highest BCUT2D eigenvalue weighted by Gasteiger charge is 2.18. The number of hydrogen-bond acceptors (Lipinski definition) is 5. The predicted molar refractivity (Wildman–Crippen MR) is 73.3 cm³/mol. The number of thiazole rings is 1. The van der Waals surface area contributed by atoms with Gasteiger partial charge in [0.25, 0.3) is 10.0 Å². The fourth-order valence-electron chi connectivity index (χ4n) is 1.41. The molecule has 0 spiro atoms. The highest BCUT2D eigenvalue weighted by molar-refractivity contribution is 7.93. The summed E-state index contributed by atoms with van der Waals surface area (Å²) in [6.07, 6.45) is 0. The molecule has 0 saturated carbocycles. The van der Waals surface area contributed by atoms with E-state index in [1.54, 1.807) is 18.2 Å². The Bertz CT molecular complexity index is 658. The Kier molecular flexibility index (Phi) is 3.27. The van der Waals surface area contributed by atoms with Crippen molar-refractivity contribution in [1.82, 2.24) is 4.98 Å². The van der Waals surface area contributed by atoms with Gasteiger partial charge in [-0.1, -0.05) is 12.1 Å². The Hall–Kier alpha value is -1.60. The summed E-state index contributed by atoms with van der Waals surface area (Å²) in [5.41, 5.74) is 6.70. The molecular weight excluding hydrogens is 270 g/mol. The second-order valence-electron chi connectivity index (χ2n) is 3.80. The Morgan fingerprint density at radius 1 is 1.28 bits per heavy atom. The van der Waals surface area contributed by atoms with Gasteiger partial charge in [0.15, 0.2) is 5.13 Å². The number of rotatable bonds is 3. The summed E-state index contributed by atoms with van der Waals surface area (Å²) in [5.74, 6) is 0. The second kappa shape index (κ2) is 4.58. The number of aromatic nitrogens is 1. The molecule has 0 fully saturated rings. The van der Waals surface area contributed by atoms with Gasteiger partial charge >= 0.3 is 0 Å². The number of sulfonamides is 1. The number of hydrogen-bond donors (Lipinski definition) is 2. The molecule has 18 heavy (non-hydrogen) atoms. The molecule has 1 aromatic carbocycles. The lowest BCUT2D eigenvalue weighted by Crippen LogP contribution is -2.14. The monoisotopic (exact) mass is 283 g/mol. The van der Waals surface area contributed by atoms with E-state index >= 15 is 0 Å². The normalized spacial score (nSPS) is 11.4. The van der Waals surface area contributed by atoms with E-state index in [1.165, 1.54) is 17.4 Å². The van der Waals surface area contributed by atoms with Gasteiger partial charge in [0.05, 0.1) is 11.4 Å². The van der Waals surface area contributed by atoms with Crippen LogP contribution in [0, 0.1) is 13.8 Å². The zero-order valence-corrected chi connectivity index (χ0v) is 11.6. The van der Waals surface area contributed by atoms with E-state index in [9.17, 15) is 8.42 Å². The molecule has 0 radical (unpaired) electrons. The van der Waals surface area contributed by atoms with Crippen LogP contribution in [0.15, 0.2) is 29.2 Å². The van der Waals surface area contributed by atoms with Crippen molar-refractivity contribution in [3.05, 3.63) is 34.8 Å². The predicted octanol–water partition coefficient (Wildman–Crippen LogP) is 2.14. The summed E-state index contributed by atoms with van der Waals surface area (Å²) in [6.45, 7) is 3.72. The van der Waals surface area contributed by atoms with E-state index < -0.39 is 10.0 Å². The molecule has 5 nitrogen and oxygen atoms in total. The van der Waals surface area contributed by atoms with Crippen molar-refractivity contribution in [2.75, 3.05) is 10.5 Å². The van der Waals surface area contributed by atoms with Crippen molar-refractivity contribution in [3.63, 3.8) is 0 Å². The Balaban J connectivity index is 2.36. The zero-order valence-electron chi connectivity index (χ0n) is 9.97. The Morgan fingerprint density at radius 3 is 2.50 bits per heavy atom. The summed E-state index contributed by atoms with van der Waals surface area (Å²) in [6, 6.07) is 6.33. The minimum Gasteiger partial charge on any atom is -0.398 e. The molecule has 0 amide bonds. The number of nitrogen functional groups attached to an aromatic ring is 1. The number of nitrogens with two attached hydrogens (primary N) is 1. The standard InChI is InChI=1S/C11H13N3O2S2/c1-7-8(2)17-11(13-7)14-18(15,16)10-6-4-3-5-9(10)12/h3-6H,12H2,1-2H3,(H,13,14). The van der Waals surface area contributed by atoms with Crippen molar-refractivity contribution in [2.24, 2.45) is 0 Å². The van der Waals surface area contributed by atoms with Crippen molar-refractivity contribution in [3.8, 4) is 0 Å². The minimum atomic E-state index is -3.67. The molecule has 0 atom stereocenters. The SMILES string of the molecule is Cc1nc(NS(=O)(=O)c2ccccc2N)sc1C. The van der Waals surface area contributed by atoms with Gasteiger partial charge in [-0.15, -0.1) is 11.3 Å². The lowest BCUT2D eigenvalue weighted by Gasteiger charge is -2.07. The van der Waals surface area contributed by atoms with Gasteiger partial charge in [0.2, 0.25) is 0 Å². The molecule has 96 valence electrons. The average molecular weight is 283 g/mol. The molecule has 7 heteroatoms. The maximum Gasteiger partial charge on any atom is 0.265 e. The first-order valence-electron chi connectivity index (χ1n) is 5.21. The van der Waals surface area contributed by atoms with Crippen molar-refractivity contribution in [1.29, 1.82) is 0 Å². The quantitative estimate of drug-likeness (QED) is 0.845. The summed E-state index contributed by atoms with van der Waals surface area (Å²) in [4.78, 5) is 5.18. The topological polar surface area (TPSA) is 85.1 Å². The minimum absolute atomic E-state index is 0.0653. The number of nitrogens with one attached hydrogen (secondary N) is 1. The molecule has 0 aliphatic rings. The van der Waals surface area contributed by atoms with Crippen LogP contribution >= 0.6 is 11.3 Å². The van der Waals surface area contributed by atoms with Gasteiger partial charge in [-0.2, -0.15) is 0 Å². The molecule has 0 aliphatic carbocycles. The second-order valence-corrected chi connectivity index (χ2v) is 6.66. The molecule has 2 rings (SSSR count). The number of aryl methyl sites for hydroxylation is 2. The maximum atomic E-state index is 12.1. The molecule has 2 aromatic rings. The van der Waals surface area contributed by atoms with E-state index in [1.807, 2.05) is 13.8 Å². The van der Waals surface area contributed by atoms with Crippen LogP contribution in [0.5, 0.6) is 0 Å². The van der Waals surface area contributed by atoms with Gasteiger partial charge in [0.1, 0.15) is 4.90 Å². The maximum absolute atomic E-state index is 12.1. The van der Waals surface area contributed by atoms with E-state index in [2.05, 4.69) is 9.71 Å². The highest BCUT2D eigenvalue weighted by Crippen LogP contribution is 2.25. The smallest absolute Gasteiger partial charge is 0.265 e. The van der Waals surface area contributed by atoms with Gasteiger partial charge in [-0.3, -0.25) is 4.72 Å². The molecule has 1 aromatic heterocycles. The largest absolute Gasteiger partial charge is 0.398 e. The molecule has 0 saturated heterocycles. The summed E-state index contributed by atoms with van der Waals surface area (Å²) in [5, 5.41) is 0.355. The van der Waals surface area contributed by atoms with Crippen LogP contribution in [0.1, 0.15) is 10.6 Å². The number of nitrogens with zero attached hydrogens (tertiary/aromatic N) is 1. The van der Waals surface area contributed by atoms with Crippen LogP contribution < -0.4 is 10.5 Å². The Labute approximate surface area is 110 Å². The van der Waals surface area contributed by atoms with E-state index in [0.29, 0.717) is 5.13 Å². The van der Waals surface area contributed by atoms with Gasteiger partial charge in [-0.25, -0.2) is 13.4 Å². The number of benzene rings is 1. The third-order valence-corrected chi connectivity index (χ3v) is 4.99. The first-order valence-corrected chi connectivity index (χ1v) is 7.51. The highest BCUT2D eigenvalue weighted by atomic mass is 32.2. The molecular formula is C11H13N3O2S2. The van der Waals surface area contributed by atoms with Crippen molar-refractivity contribution in [2.45, 2.75) is 18.7 Å². The third-order valence-electron chi connectivity index (χ3n) is 2.46. The van der Waals surface area contributed by atoms with Crippen LogP contribution in [-0.4, -0.2) is 13.4 Å². The van der Waals surface area contributed by atoms with E-state index in [-0.39, 0.29) is 10.6 Å². The molecule has 0 unspecified atom stereocenters. The molecule has 0 aliphatic heterocycles. The molecule has 0 bridgehead atoms. The van der Waals surface area contributed by atoms with Crippen LogP contribution in [-0.2, 0) is 10.0 Å². The van der Waals surface area contributed by atoms with E-state index in [0.717, 1.165) is 10.6 Å². The summed E-state index contributed by atoms with van der Waals surface area (Å²) >= 11 is 1.30. The van der Waals surface area contributed by atoms with Crippen LogP contribution in [0.2, 0.25) is 0 Å². The van der Waals surface area contributed by atoms with Crippen LogP contribution in [0.25, 0.3) is 0 Å². The fourth-order valence-corrected chi connectivity index (χ4v) is 3.59. The first-order chi connectivity index (χ1) is 8.40. The summed E-state index contributed by atoms with van der Waals surface area (Å²) in [7, 11) is -3.67. The first kappa shape index (κ1) is 12.8. The fraction of sp³-hybridized carbons (Fsp3) is 0.182.